The zero-order valence-electron chi connectivity index (χ0n) is 16.7. The molecule has 1 amide bonds. The summed E-state index contributed by atoms with van der Waals surface area (Å²) in [4.78, 5) is 17.2. The summed E-state index contributed by atoms with van der Waals surface area (Å²) in [6.07, 6.45) is 0. The molecule has 4 aromatic rings. The van der Waals surface area contributed by atoms with Crippen molar-refractivity contribution in [3.63, 3.8) is 0 Å². The number of para-hydroxylation sites is 3. The third-order valence-corrected chi connectivity index (χ3v) is 4.82. The average Bonchev–Trinajstić information content (AvgIpc) is 3.16. The fraction of sp³-hybridized carbons (Fsp3) is 0.167. The SMILES string of the molecule is COc1ccc(C(=O)NCc2nc3ccccc3n2CCOc2ccccc2)cc1. The highest BCUT2D eigenvalue weighted by molar-refractivity contribution is 5.94. The summed E-state index contributed by atoms with van der Waals surface area (Å²) in [5, 5.41) is 2.96. The summed E-state index contributed by atoms with van der Waals surface area (Å²) in [5.74, 6) is 2.18. The lowest BCUT2D eigenvalue weighted by Crippen LogP contribution is -2.25. The van der Waals surface area contributed by atoms with Crippen molar-refractivity contribution in [2.75, 3.05) is 13.7 Å². The predicted molar refractivity (Wildman–Crippen MR) is 116 cm³/mol. The number of rotatable bonds is 8. The lowest BCUT2D eigenvalue weighted by atomic mass is 10.2. The van der Waals surface area contributed by atoms with E-state index >= 15 is 0 Å². The summed E-state index contributed by atoms with van der Waals surface area (Å²) in [6, 6.07) is 24.7. The molecule has 0 spiro atoms. The number of nitrogens with one attached hydrogen (secondary N) is 1. The van der Waals surface area contributed by atoms with Gasteiger partial charge in [-0.15, -0.1) is 0 Å². The number of benzene rings is 3. The molecule has 0 saturated heterocycles. The zero-order chi connectivity index (χ0) is 20.8. The molecule has 3 aromatic carbocycles. The third kappa shape index (κ3) is 4.43. The minimum atomic E-state index is -0.156. The number of methoxy groups -OCH3 is 1. The molecule has 0 aliphatic carbocycles. The van der Waals surface area contributed by atoms with Gasteiger partial charge in [0.05, 0.1) is 31.2 Å². The fourth-order valence-electron chi connectivity index (χ4n) is 3.29. The number of fused-ring (bicyclic) bond motifs is 1. The number of hydrogen-bond donors (Lipinski definition) is 1. The molecule has 0 atom stereocenters. The Labute approximate surface area is 175 Å². The van der Waals surface area contributed by atoms with Crippen LogP contribution in [-0.2, 0) is 13.1 Å². The van der Waals surface area contributed by atoms with Gasteiger partial charge in [-0.3, -0.25) is 4.79 Å². The van der Waals surface area contributed by atoms with Crippen LogP contribution in [0, 0.1) is 0 Å². The maximum Gasteiger partial charge on any atom is 0.251 e. The minimum absolute atomic E-state index is 0.156. The first-order chi connectivity index (χ1) is 14.7. The largest absolute Gasteiger partial charge is 0.497 e. The van der Waals surface area contributed by atoms with E-state index < -0.39 is 0 Å². The molecule has 0 bridgehead atoms. The molecule has 0 saturated carbocycles. The Morgan fingerprint density at radius 1 is 0.933 bits per heavy atom. The lowest BCUT2D eigenvalue weighted by molar-refractivity contribution is 0.0949. The number of imidazole rings is 1. The van der Waals surface area contributed by atoms with Gasteiger partial charge in [-0.25, -0.2) is 4.98 Å². The Kier molecular flexibility index (Phi) is 5.94. The van der Waals surface area contributed by atoms with E-state index in [-0.39, 0.29) is 5.91 Å². The van der Waals surface area contributed by atoms with Gasteiger partial charge in [0.1, 0.15) is 23.9 Å². The summed E-state index contributed by atoms with van der Waals surface area (Å²) in [6.45, 7) is 1.46. The molecule has 0 fully saturated rings. The van der Waals surface area contributed by atoms with Crippen molar-refractivity contribution in [1.29, 1.82) is 0 Å². The summed E-state index contributed by atoms with van der Waals surface area (Å²) >= 11 is 0. The summed E-state index contributed by atoms with van der Waals surface area (Å²) < 4.78 is 13.1. The minimum Gasteiger partial charge on any atom is -0.497 e. The smallest absolute Gasteiger partial charge is 0.251 e. The number of hydrogen-bond acceptors (Lipinski definition) is 4. The van der Waals surface area contributed by atoms with Crippen LogP contribution in [0.15, 0.2) is 78.9 Å². The molecule has 1 N–H and O–H groups in total. The molecule has 152 valence electrons. The molecule has 30 heavy (non-hydrogen) atoms. The van der Waals surface area contributed by atoms with E-state index in [1.165, 1.54) is 0 Å². The van der Waals surface area contributed by atoms with E-state index in [1.54, 1.807) is 31.4 Å². The molecule has 4 rings (SSSR count). The van der Waals surface area contributed by atoms with Crippen LogP contribution in [-0.4, -0.2) is 29.2 Å². The molecule has 0 aliphatic heterocycles. The van der Waals surface area contributed by atoms with Crippen molar-refractivity contribution in [3.8, 4) is 11.5 Å². The second kappa shape index (κ2) is 9.13. The van der Waals surface area contributed by atoms with Gasteiger partial charge in [0, 0.05) is 5.56 Å². The standard InChI is InChI=1S/C24H23N3O3/c1-29-19-13-11-18(12-14-19)24(28)25-17-23-26-21-9-5-6-10-22(21)27(23)15-16-30-20-7-3-2-4-8-20/h2-14H,15-17H2,1H3,(H,25,28). The van der Waals surface area contributed by atoms with Crippen molar-refractivity contribution < 1.29 is 14.3 Å². The van der Waals surface area contributed by atoms with Crippen molar-refractivity contribution in [3.05, 3.63) is 90.3 Å². The van der Waals surface area contributed by atoms with Crippen LogP contribution in [0.25, 0.3) is 11.0 Å². The molecule has 6 heteroatoms. The Bertz CT molecular complexity index is 1120. The maximum absolute atomic E-state index is 12.5. The zero-order valence-corrected chi connectivity index (χ0v) is 16.7. The van der Waals surface area contributed by atoms with Crippen LogP contribution in [0.3, 0.4) is 0 Å². The Morgan fingerprint density at radius 3 is 2.43 bits per heavy atom. The molecule has 6 nitrogen and oxygen atoms in total. The van der Waals surface area contributed by atoms with Crippen LogP contribution in [0.5, 0.6) is 11.5 Å². The highest BCUT2D eigenvalue weighted by Crippen LogP contribution is 2.17. The van der Waals surface area contributed by atoms with Crippen molar-refractivity contribution in [2.45, 2.75) is 13.1 Å². The highest BCUT2D eigenvalue weighted by Gasteiger charge is 2.13. The quantitative estimate of drug-likeness (QED) is 0.484. The summed E-state index contributed by atoms with van der Waals surface area (Å²) in [7, 11) is 1.60. The molecule has 1 aromatic heterocycles. The van der Waals surface area contributed by atoms with Gasteiger partial charge in [-0.2, -0.15) is 0 Å². The van der Waals surface area contributed by atoms with Crippen molar-refractivity contribution in [2.24, 2.45) is 0 Å². The van der Waals surface area contributed by atoms with Crippen molar-refractivity contribution in [1.82, 2.24) is 14.9 Å². The van der Waals surface area contributed by atoms with Gasteiger partial charge in [0.25, 0.3) is 5.91 Å². The second-order valence-corrected chi connectivity index (χ2v) is 6.74. The van der Waals surface area contributed by atoms with Gasteiger partial charge in [-0.05, 0) is 48.5 Å². The Hall–Kier alpha value is -3.80. The monoisotopic (exact) mass is 401 g/mol. The van der Waals surface area contributed by atoms with Crippen LogP contribution in [0.4, 0.5) is 0 Å². The van der Waals surface area contributed by atoms with Crippen LogP contribution in [0.1, 0.15) is 16.2 Å². The molecule has 0 aliphatic rings. The number of carbonyl (C=O) groups is 1. The van der Waals surface area contributed by atoms with E-state index in [0.717, 1.165) is 22.6 Å². The molecular formula is C24H23N3O3. The fourth-order valence-corrected chi connectivity index (χ4v) is 3.29. The third-order valence-electron chi connectivity index (χ3n) is 4.82. The molecule has 1 heterocycles. The average molecular weight is 401 g/mol. The first-order valence-corrected chi connectivity index (χ1v) is 9.79. The van der Waals surface area contributed by atoms with Crippen molar-refractivity contribution >= 4 is 16.9 Å². The summed E-state index contributed by atoms with van der Waals surface area (Å²) in [5.41, 5.74) is 2.49. The van der Waals surface area contributed by atoms with Crippen LogP contribution in [0.2, 0.25) is 0 Å². The normalized spacial score (nSPS) is 10.7. The van der Waals surface area contributed by atoms with Crippen LogP contribution < -0.4 is 14.8 Å². The first kappa shape index (κ1) is 19.5. The molecular weight excluding hydrogens is 378 g/mol. The predicted octanol–water partition coefficient (Wildman–Crippen LogP) is 4.05. The van der Waals surface area contributed by atoms with Gasteiger partial charge in [-0.1, -0.05) is 30.3 Å². The maximum atomic E-state index is 12.5. The van der Waals surface area contributed by atoms with E-state index in [4.69, 9.17) is 14.5 Å². The number of carbonyl (C=O) groups excluding carboxylic acids is 1. The van der Waals surface area contributed by atoms with Gasteiger partial charge < -0.3 is 19.4 Å². The van der Waals surface area contributed by atoms with Gasteiger partial charge >= 0.3 is 0 Å². The highest BCUT2D eigenvalue weighted by atomic mass is 16.5. The van der Waals surface area contributed by atoms with E-state index in [9.17, 15) is 4.79 Å². The van der Waals surface area contributed by atoms with E-state index in [0.29, 0.717) is 31.0 Å². The van der Waals surface area contributed by atoms with Gasteiger partial charge in [0.15, 0.2) is 0 Å². The molecule has 0 unspecified atom stereocenters. The van der Waals surface area contributed by atoms with Gasteiger partial charge in [0.2, 0.25) is 0 Å². The lowest BCUT2D eigenvalue weighted by Gasteiger charge is -2.12. The topological polar surface area (TPSA) is 65.4 Å². The first-order valence-electron chi connectivity index (χ1n) is 9.79. The van der Waals surface area contributed by atoms with Crippen LogP contribution >= 0.6 is 0 Å². The number of ether oxygens (including phenoxy) is 2. The van der Waals surface area contributed by atoms with E-state index in [2.05, 4.69) is 9.88 Å². The Morgan fingerprint density at radius 2 is 1.67 bits per heavy atom. The number of amides is 1. The molecule has 0 radical (unpaired) electrons. The number of nitrogens with zero attached hydrogens (tertiary/aromatic N) is 2. The van der Waals surface area contributed by atoms with E-state index in [1.807, 2.05) is 54.6 Å². The number of aromatic nitrogens is 2. The Balaban J connectivity index is 1.47. The second-order valence-electron chi connectivity index (χ2n) is 6.74.